The van der Waals surface area contributed by atoms with Crippen molar-refractivity contribution in [2.24, 2.45) is 11.7 Å². The highest BCUT2D eigenvalue weighted by Gasteiger charge is 2.35. The minimum absolute atomic E-state index is 0.0115. The summed E-state index contributed by atoms with van der Waals surface area (Å²) < 4.78 is 5.67. The first-order valence-electron chi connectivity index (χ1n) is 8.81. The van der Waals surface area contributed by atoms with Crippen molar-refractivity contribution in [3.05, 3.63) is 24.3 Å². The van der Waals surface area contributed by atoms with Crippen LogP contribution in [0.4, 0.5) is 5.69 Å². The second-order valence-electron chi connectivity index (χ2n) is 6.70. The van der Waals surface area contributed by atoms with Crippen molar-refractivity contribution in [1.29, 1.82) is 0 Å². The highest BCUT2D eigenvalue weighted by Crippen LogP contribution is 2.25. The van der Waals surface area contributed by atoms with E-state index < -0.39 is 0 Å². The van der Waals surface area contributed by atoms with E-state index in [2.05, 4.69) is 5.32 Å². The van der Waals surface area contributed by atoms with Crippen LogP contribution in [0.5, 0.6) is 5.75 Å². The molecule has 2 amide bonds. The summed E-state index contributed by atoms with van der Waals surface area (Å²) in [5.74, 6) is 0.0291. The molecule has 3 rings (SSSR count). The molecule has 4 N–H and O–H groups in total. The van der Waals surface area contributed by atoms with Crippen LogP contribution in [0, 0.1) is 5.92 Å². The van der Waals surface area contributed by atoms with Crippen molar-refractivity contribution < 1.29 is 19.4 Å². The first kappa shape index (κ1) is 17.7. The number of anilines is 1. The van der Waals surface area contributed by atoms with Crippen molar-refractivity contribution >= 4 is 17.5 Å². The van der Waals surface area contributed by atoms with Gasteiger partial charge in [-0.2, -0.15) is 0 Å². The summed E-state index contributed by atoms with van der Waals surface area (Å²) in [6.07, 6.45) is 2.45. The fraction of sp³-hybridized carbons (Fsp3) is 0.556. The van der Waals surface area contributed by atoms with E-state index >= 15 is 0 Å². The Morgan fingerprint density at radius 2 is 1.84 bits per heavy atom. The minimum atomic E-state index is -0.379. The maximum Gasteiger partial charge on any atom is 0.251 e. The Balaban J connectivity index is 1.47. The monoisotopic (exact) mass is 347 g/mol. The summed E-state index contributed by atoms with van der Waals surface area (Å²) in [5, 5.41) is 12.1. The predicted octanol–water partition coefficient (Wildman–Crippen LogP) is 1.08. The van der Waals surface area contributed by atoms with Crippen LogP contribution in [0.2, 0.25) is 0 Å². The highest BCUT2D eigenvalue weighted by molar-refractivity contribution is 5.92. The van der Waals surface area contributed by atoms with Gasteiger partial charge in [0.25, 0.3) is 5.91 Å². The van der Waals surface area contributed by atoms with Crippen molar-refractivity contribution in [3.63, 3.8) is 0 Å². The summed E-state index contributed by atoms with van der Waals surface area (Å²) in [5.41, 5.74) is 6.25. The SMILES string of the molecule is NC[C@H]1CC[C@@H](C(=O)N2CCC(C(=O)Nc3ccc(O)cc3)CC2)O1. The van der Waals surface area contributed by atoms with Crippen molar-refractivity contribution in [2.45, 2.75) is 37.9 Å². The van der Waals surface area contributed by atoms with Gasteiger partial charge in [0.1, 0.15) is 11.9 Å². The molecule has 2 saturated heterocycles. The fourth-order valence-corrected chi connectivity index (χ4v) is 3.42. The van der Waals surface area contributed by atoms with E-state index in [9.17, 15) is 14.7 Å². The average Bonchev–Trinajstić information content (AvgIpc) is 3.12. The summed E-state index contributed by atoms with van der Waals surface area (Å²) in [6.45, 7) is 1.59. The van der Waals surface area contributed by atoms with Gasteiger partial charge in [0.05, 0.1) is 6.10 Å². The molecule has 1 aromatic carbocycles. The Kier molecular flexibility index (Phi) is 5.55. The Hall–Kier alpha value is -2.12. The van der Waals surface area contributed by atoms with Gasteiger partial charge in [-0.25, -0.2) is 0 Å². The molecule has 0 saturated carbocycles. The minimum Gasteiger partial charge on any atom is -0.508 e. The molecule has 7 heteroatoms. The molecule has 2 heterocycles. The molecule has 2 fully saturated rings. The zero-order valence-electron chi connectivity index (χ0n) is 14.2. The van der Waals surface area contributed by atoms with Gasteiger partial charge in [-0.05, 0) is 49.9 Å². The second-order valence-corrected chi connectivity index (χ2v) is 6.70. The quantitative estimate of drug-likeness (QED) is 0.707. The van der Waals surface area contributed by atoms with Crippen LogP contribution in [-0.4, -0.2) is 53.7 Å². The summed E-state index contributed by atoms with van der Waals surface area (Å²) >= 11 is 0. The normalized spacial score (nSPS) is 24.3. The van der Waals surface area contributed by atoms with Crippen LogP contribution in [-0.2, 0) is 14.3 Å². The van der Waals surface area contributed by atoms with Crippen LogP contribution < -0.4 is 11.1 Å². The number of likely N-dealkylation sites (tertiary alicyclic amines) is 1. The summed E-state index contributed by atoms with van der Waals surface area (Å²) in [7, 11) is 0. The maximum atomic E-state index is 12.5. The number of nitrogens with one attached hydrogen (secondary N) is 1. The number of benzene rings is 1. The largest absolute Gasteiger partial charge is 0.508 e. The van der Waals surface area contributed by atoms with Gasteiger partial charge in [0, 0.05) is 31.2 Å². The van der Waals surface area contributed by atoms with E-state index in [1.807, 2.05) is 0 Å². The standard InChI is InChI=1S/C18H25N3O4/c19-11-15-5-6-16(25-15)18(24)21-9-7-12(8-10-21)17(23)20-13-1-3-14(22)4-2-13/h1-4,12,15-16,22H,5-11,19H2,(H,20,23)/t15-,16+/m1/s1. The van der Waals surface area contributed by atoms with Crippen LogP contribution in [0.3, 0.4) is 0 Å². The van der Waals surface area contributed by atoms with Crippen molar-refractivity contribution in [1.82, 2.24) is 4.90 Å². The molecule has 136 valence electrons. The molecule has 2 atom stereocenters. The molecule has 25 heavy (non-hydrogen) atoms. The van der Waals surface area contributed by atoms with E-state index in [-0.39, 0.29) is 35.7 Å². The number of aromatic hydroxyl groups is 1. The average molecular weight is 347 g/mol. The van der Waals surface area contributed by atoms with Gasteiger partial charge in [-0.15, -0.1) is 0 Å². The smallest absolute Gasteiger partial charge is 0.251 e. The topological polar surface area (TPSA) is 105 Å². The Labute approximate surface area is 147 Å². The zero-order valence-corrected chi connectivity index (χ0v) is 14.2. The number of carbonyl (C=O) groups excluding carboxylic acids is 2. The number of piperidine rings is 1. The summed E-state index contributed by atoms with van der Waals surface area (Å²) in [4.78, 5) is 26.6. The fourth-order valence-electron chi connectivity index (χ4n) is 3.42. The molecule has 0 radical (unpaired) electrons. The Morgan fingerprint density at radius 1 is 1.16 bits per heavy atom. The van der Waals surface area contributed by atoms with Crippen LogP contribution in [0.1, 0.15) is 25.7 Å². The molecule has 2 aliphatic rings. The lowest BCUT2D eigenvalue weighted by atomic mass is 9.95. The molecular weight excluding hydrogens is 322 g/mol. The lowest BCUT2D eigenvalue weighted by molar-refractivity contribution is -0.145. The third-order valence-electron chi connectivity index (χ3n) is 4.96. The molecule has 0 bridgehead atoms. The van der Waals surface area contributed by atoms with Gasteiger partial charge in [0.2, 0.25) is 5.91 Å². The van der Waals surface area contributed by atoms with Gasteiger partial charge < -0.3 is 25.8 Å². The third kappa shape index (κ3) is 4.29. The summed E-state index contributed by atoms with van der Waals surface area (Å²) in [6, 6.07) is 6.40. The molecular formula is C18H25N3O4. The number of carbonyl (C=O) groups is 2. The molecule has 0 spiro atoms. The van der Waals surface area contributed by atoms with Crippen molar-refractivity contribution in [3.8, 4) is 5.75 Å². The number of ether oxygens (including phenoxy) is 1. The number of nitrogens with two attached hydrogens (primary N) is 1. The molecule has 2 aliphatic heterocycles. The van der Waals surface area contributed by atoms with Gasteiger partial charge in [-0.3, -0.25) is 9.59 Å². The lowest BCUT2D eigenvalue weighted by Crippen LogP contribution is -2.45. The molecule has 0 unspecified atom stereocenters. The van der Waals surface area contributed by atoms with E-state index in [0.29, 0.717) is 38.2 Å². The number of hydrogen-bond donors (Lipinski definition) is 3. The molecule has 1 aromatic rings. The number of amides is 2. The zero-order chi connectivity index (χ0) is 17.8. The van der Waals surface area contributed by atoms with Crippen LogP contribution >= 0.6 is 0 Å². The van der Waals surface area contributed by atoms with Crippen LogP contribution in [0.15, 0.2) is 24.3 Å². The third-order valence-corrected chi connectivity index (χ3v) is 4.96. The van der Waals surface area contributed by atoms with E-state index in [4.69, 9.17) is 10.5 Å². The van der Waals surface area contributed by atoms with Gasteiger partial charge in [0.15, 0.2) is 0 Å². The first-order chi connectivity index (χ1) is 12.1. The molecule has 0 aromatic heterocycles. The van der Waals surface area contributed by atoms with Crippen molar-refractivity contribution in [2.75, 3.05) is 25.0 Å². The van der Waals surface area contributed by atoms with Gasteiger partial charge in [-0.1, -0.05) is 0 Å². The van der Waals surface area contributed by atoms with E-state index in [1.54, 1.807) is 17.0 Å². The first-order valence-corrected chi connectivity index (χ1v) is 8.81. The lowest BCUT2D eigenvalue weighted by Gasteiger charge is -2.32. The molecule has 0 aliphatic carbocycles. The number of rotatable bonds is 4. The number of phenolic OH excluding ortho intramolecular Hbond substituents is 1. The molecule has 7 nitrogen and oxygen atoms in total. The number of phenols is 1. The van der Waals surface area contributed by atoms with Gasteiger partial charge >= 0.3 is 0 Å². The number of hydrogen-bond acceptors (Lipinski definition) is 5. The van der Waals surface area contributed by atoms with Crippen LogP contribution in [0.25, 0.3) is 0 Å². The predicted molar refractivity (Wildman–Crippen MR) is 93.0 cm³/mol. The van der Waals surface area contributed by atoms with E-state index in [1.165, 1.54) is 12.1 Å². The Morgan fingerprint density at radius 3 is 2.44 bits per heavy atom. The maximum absolute atomic E-state index is 12.5. The highest BCUT2D eigenvalue weighted by atomic mass is 16.5. The van der Waals surface area contributed by atoms with E-state index in [0.717, 1.165) is 12.8 Å². The second kappa shape index (κ2) is 7.84. The number of nitrogens with zero attached hydrogens (tertiary/aromatic N) is 1. The Bertz CT molecular complexity index is 611.